The van der Waals surface area contributed by atoms with Crippen LogP contribution in [0.1, 0.15) is 45.2 Å². The van der Waals surface area contributed by atoms with E-state index in [1.54, 1.807) is 24.3 Å². The third-order valence-corrected chi connectivity index (χ3v) is 7.13. The van der Waals surface area contributed by atoms with Gasteiger partial charge in [-0.1, -0.05) is 48.3 Å². The monoisotopic (exact) mass is 513 g/mol. The fourth-order valence-corrected chi connectivity index (χ4v) is 5.18. The van der Waals surface area contributed by atoms with Gasteiger partial charge < -0.3 is 4.90 Å². The second kappa shape index (κ2) is 9.17. The minimum absolute atomic E-state index is 0.0345. The molecule has 0 unspecified atom stereocenters. The van der Waals surface area contributed by atoms with Gasteiger partial charge in [0.15, 0.2) is 5.11 Å². The average Bonchev–Trinajstić information content (AvgIpc) is 2.76. The number of amides is 2. The van der Waals surface area contributed by atoms with Crippen molar-refractivity contribution in [3.63, 3.8) is 0 Å². The molecule has 5 nitrogen and oxygen atoms in total. The second-order valence-corrected chi connectivity index (χ2v) is 10.1. The van der Waals surface area contributed by atoms with Crippen LogP contribution in [0.4, 0.5) is 11.4 Å². The number of rotatable bonds is 4. The van der Waals surface area contributed by atoms with Gasteiger partial charge in [-0.2, -0.15) is 0 Å². The van der Waals surface area contributed by atoms with Crippen molar-refractivity contribution in [1.82, 2.24) is 5.32 Å². The van der Waals surface area contributed by atoms with Gasteiger partial charge in [0.1, 0.15) is 5.57 Å². The number of carbonyl (C=O) groups excluding carboxylic acids is 2. The lowest BCUT2D eigenvalue weighted by Gasteiger charge is -2.43. The quantitative estimate of drug-likeness (QED) is 0.298. The van der Waals surface area contributed by atoms with Gasteiger partial charge in [0.25, 0.3) is 11.8 Å². The van der Waals surface area contributed by atoms with Crippen molar-refractivity contribution in [1.29, 1.82) is 0 Å². The van der Waals surface area contributed by atoms with E-state index < -0.39 is 11.8 Å². The Labute approximate surface area is 215 Å². The summed E-state index contributed by atoms with van der Waals surface area (Å²) in [5.41, 5.74) is 4.30. The van der Waals surface area contributed by atoms with Gasteiger partial charge in [-0.25, -0.2) is 0 Å². The number of fused-ring (bicyclic) bond motifs is 1. The molecule has 4 rings (SSSR count). The van der Waals surface area contributed by atoms with Crippen LogP contribution in [0.25, 0.3) is 11.6 Å². The fraction of sp³-hybridized carbons (Fsp3) is 0.269. The van der Waals surface area contributed by atoms with Gasteiger partial charge in [0.2, 0.25) is 0 Å². The lowest BCUT2D eigenvalue weighted by atomic mass is 9.87. The number of anilines is 2. The first-order chi connectivity index (χ1) is 16.0. The maximum absolute atomic E-state index is 13.4. The molecule has 2 aliphatic rings. The van der Waals surface area contributed by atoms with Gasteiger partial charge in [0.05, 0.1) is 21.3 Å². The van der Waals surface area contributed by atoms with E-state index in [2.05, 4.69) is 50.1 Å². The first-order valence-corrected chi connectivity index (χ1v) is 12.2. The third kappa shape index (κ3) is 4.26. The molecule has 0 saturated carbocycles. The first-order valence-electron chi connectivity index (χ1n) is 11.0. The number of nitrogens with one attached hydrogen (secondary N) is 1. The van der Waals surface area contributed by atoms with E-state index in [0.29, 0.717) is 5.69 Å². The Morgan fingerprint density at radius 1 is 1.12 bits per heavy atom. The number of hydrogen-bond acceptors (Lipinski definition) is 4. The van der Waals surface area contributed by atoms with Crippen LogP contribution in [-0.2, 0) is 9.59 Å². The number of thiocarbonyl (C=S) groups is 1. The fourth-order valence-electron chi connectivity index (χ4n) is 4.53. The van der Waals surface area contributed by atoms with E-state index >= 15 is 0 Å². The zero-order valence-corrected chi connectivity index (χ0v) is 21.7. The standard InChI is InChI=1S/C26H25Cl2N3O2S/c1-5-11-30-20-10-9-16(12-17(20)15(2)14-26(30,3)4)13-18-23(32)29-25(34)31(24(18)33)21-8-6-7-19(27)22(21)28/h6-10,12-14H,5,11H2,1-4H3,(H,29,32,34)/b18-13-. The largest absolute Gasteiger partial charge is 0.362 e. The molecule has 0 spiro atoms. The highest BCUT2D eigenvalue weighted by Gasteiger charge is 2.36. The van der Waals surface area contributed by atoms with Crippen LogP contribution in [0.3, 0.4) is 0 Å². The summed E-state index contributed by atoms with van der Waals surface area (Å²) in [5.74, 6) is -1.11. The Balaban J connectivity index is 1.76. The van der Waals surface area contributed by atoms with Gasteiger partial charge in [0, 0.05) is 17.8 Å². The zero-order valence-electron chi connectivity index (χ0n) is 19.4. The molecule has 2 aromatic rings. The molecule has 2 heterocycles. The van der Waals surface area contributed by atoms with Crippen molar-refractivity contribution in [3.05, 3.63) is 69.2 Å². The lowest BCUT2D eigenvalue weighted by Crippen LogP contribution is -2.54. The Bertz CT molecular complexity index is 1280. The number of benzene rings is 2. The molecular weight excluding hydrogens is 489 g/mol. The molecule has 2 amide bonds. The Hall–Kier alpha value is -2.67. The van der Waals surface area contributed by atoms with Crippen molar-refractivity contribution >= 4 is 75.4 Å². The van der Waals surface area contributed by atoms with Crippen molar-refractivity contribution in [2.45, 2.75) is 39.7 Å². The normalized spacial score (nSPS) is 18.7. The van der Waals surface area contributed by atoms with Gasteiger partial charge in [-0.05, 0) is 80.9 Å². The highest BCUT2D eigenvalue weighted by Crippen LogP contribution is 2.40. The number of halogens is 2. The molecule has 1 fully saturated rings. The molecule has 2 aliphatic heterocycles. The molecule has 0 bridgehead atoms. The maximum atomic E-state index is 13.4. The Morgan fingerprint density at radius 2 is 1.85 bits per heavy atom. The summed E-state index contributed by atoms with van der Waals surface area (Å²) < 4.78 is 0. The molecule has 34 heavy (non-hydrogen) atoms. The maximum Gasteiger partial charge on any atom is 0.270 e. The van der Waals surface area contributed by atoms with E-state index in [1.807, 2.05) is 12.1 Å². The molecule has 1 N–H and O–H groups in total. The summed E-state index contributed by atoms with van der Waals surface area (Å²) >= 11 is 17.7. The first kappa shape index (κ1) is 24.5. The van der Waals surface area contributed by atoms with Gasteiger partial charge in [-0.15, -0.1) is 0 Å². The summed E-state index contributed by atoms with van der Waals surface area (Å²) in [6.07, 6.45) is 4.86. The molecule has 176 valence electrons. The Morgan fingerprint density at radius 3 is 2.56 bits per heavy atom. The molecule has 0 aromatic heterocycles. The second-order valence-electron chi connectivity index (χ2n) is 8.94. The summed E-state index contributed by atoms with van der Waals surface area (Å²) in [6.45, 7) is 9.58. The van der Waals surface area contributed by atoms with Crippen molar-refractivity contribution < 1.29 is 9.59 Å². The average molecular weight is 514 g/mol. The van der Waals surface area contributed by atoms with E-state index in [9.17, 15) is 9.59 Å². The molecule has 1 saturated heterocycles. The van der Waals surface area contributed by atoms with E-state index in [0.717, 1.165) is 35.4 Å². The highest BCUT2D eigenvalue weighted by atomic mass is 35.5. The summed E-state index contributed by atoms with van der Waals surface area (Å²) in [4.78, 5) is 29.7. The van der Waals surface area contributed by atoms with Crippen LogP contribution in [0, 0.1) is 0 Å². The third-order valence-electron chi connectivity index (χ3n) is 6.03. The van der Waals surface area contributed by atoms with Crippen LogP contribution in [0.15, 0.2) is 48.0 Å². The predicted octanol–water partition coefficient (Wildman–Crippen LogP) is 6.24. The van der Waals surface area contributed by atoms with Crippen LogP contribution in [0.2, 0.25) is 10.0 Å². The van der Waals surface area contributed by atoms with Crippen molar-refractivity contribution in [2.75, 3.05) is 16.3 Å². The van der Waals surface area contributed by atoms with Crippen molar-refractivity contribution in [2.24, 2.45) is 0 Å². The smallest absolute Gasteiger partial charge is 0.270 e. The minimum Gasteiger partial charge on any atom is -0.362 e. The Kier molecular flexibility index (Phi) is 6.60. The van der Waals surface area contributed by atoms with Gasteiger partial charge in [-0.3, -0.25) is 19.8 Å². The van der Waals surface area contributed by atoms with E-state index in [1.165, 1.54) is 4.90 Å². The summed E-state index contributed by atoms with van der Waals surface area (Å²) in [7, 11) is 0. The van der Waals surface area contributed by atoms with Crippen LogP contribution in [-0.4, -0.2) is 29.0 Å². The zero-order chi connectivity index (χ0) is 24.8. The molecular formula is C26H25Cl2N3O2S. The summed E-state index contributed by atoms with van der Waals surface area (Å²) in [5, 5.41) is 3.02. The van der Waals surface area contributed by atoms with Crippen LogP contribution in [0.5, 0.6) is 0 Å². The number of hydrogen-bond donors (Lipinski definition) is 1. The highest BCUT2D eigenvalue weighted by molar-refractivity contribution is 7.80. The topological polar surface area (TPSA) is 52.7 Å². The van der Waals surface area contributed by atoms with Crippen LogP contribution < -0.4 is 15.1 Å². The number of carbonyl (C=O) groups is 2. The lowest BCUT2D eigenvalue weighted by molar-refractivity contribution is -0.122. The SMILES string of the molecule is CCCN1c2ccc(/C=C3/C(=O)NC(=S)N(c4cccc(Cl)c4Cl)C3=O)cc2C(C)=CC1(C)C. The van der Waals surface area contributed by atoms with Crippen LogP contribution >= 0.6 is 35.4 Å². The molecule has 0 atom stereocenters. The number of allylic oxidation sites excluding steroid dienone is 1. The van der Waals surface area contributed by atoms with E-state index in [4.69, 9.17) is 35.4 Å². The number of nitrogens with zero attached hydrogens (tertiary/aromatic N) is 2. The predicted molar refractivity (Wildman–Crippen MR) is 144 cm³/mol. The van der Waals surface area contributed by atoms with Crippen molar-refractivity contribution in [3.8, 4) is 0 Å². The summed E-state index contributed by atoms with van der Waals surface area (Å²) in [6, 6.07) is 10.9. The molecule has 8 heteroatoms. The molecule has 2 aromatic carbocycles. The minimum atomic E-state index is -0.559. The van der Waals surface area contributed by atoms with Gasteiger partial charge >= 0.3 is 0 Å². The van der Waals surface area contributed by atoms with E-state index in [-0.39, 0.29) is 26.3 Å². The molecule has 0 aliphatic carbocycles. The molecule has 0 radical (unpaired) electrons.